The quantitative estimate of drug-likeness (QED) is 0.508. The lowest BCUT2D eigenvalue weighted by Crippen LogP contribution is -2.40. The standard InChI is InChI=1S/C17H21NO7S/c1-2-24-17(20)13-25-16(19)8-5-14-3-6-15(7-4-14)26(21,22)18-9-11-23-12-10-18/h3-8H,2,9-13H2,1H3. The summed E-state index contributed by atoms with van der Waals surface area (Å²) in [4.78, 5) is 22.8. The van der Waals surface area contributed by atoms with Gasteiger partial charge in [-0.3, -0.25) is 0 Å². The molecule has 1 heterocycles. The van der Waals surface area contributed by atoms with E-state index in [1.54, 1.807) is 19.1 Å². The average Bonchev–Trinajstić information content (AvgIpc) is 2.66. The van der Waals surface area contributed by atoms with Crippen LogP contribution in [0.15, 0.2) is 35.2 Å². The van der Waals surface area contributed by atoms with Gasteiger partial charge in [0.15, 0.2) is 6.61 Å². The van der Waals surface area contributed by atoms with Crippen LogP contribution in [0.1, 0.15) is 12.5 Å². The molecule has 1 aromatic carbocycles. The second kappa shape index (κ2) is 9.46. The van der Waals surface area contributed by atoms with Crippen molar-refractivity contribution in [2.45, 2.75) is 11.8 Å². The van der Waals surface area contributed by atoms with Gasteiger partial charge in [0.1, 0.15) is 0 Å². The number of carbonyl (C=O) groups excluding carboxylic acids is 2. The Balaban J connectivity index is 1.94. The molecule has 8 nitrogen and oxygen atoms in total. The maximum atomic E-state index is 12.5. The minimum absolute atomic E-state index is 0.182. The van der Waals surface area contributed by atoms with Gasteiger partial charge in [0.25, 0.3) is 0 Å². The van der Waals surface area contributed by atoms with Crippen LogP contribution in [-0.2, 0) is 33.8 Å². The van der Waals surface area contributed by atoms with E-state index in [2.05, 4.69) is 4.74 Å². The third-order valence-electron chi connectivity index (χ3n) is 3.54. The van der Waals surface area contributed by atoms with Crippen molar-refractivity contribution in [1.29, 1.82) is 0 Å². The van der Waals surface area contributed by atoms with Crippen molar-refractivity contribution >= 4 is 28.0 Å². The number of rotatable bonds is 7. The van der Waals surface area contributed by atoms with Gasteiger partial charge < -0.3 is 14.2 Å². The van der Waals surface area contributed by atoms with Gasteiger partial charge in [-0.05, 0) is 30.7 Å². The second-order valence-corrected chi connectivity index (χ2v) is 7.27. The first-order chi connectivity index (χ1) is 12.4. The normalized spacial score (nSPS) is 15.7. The monoisotopic (exact) mass is 383 g/mol. The molecular formula is C17H21NO7S. The van der Waals surface area contributed by atoms with E-state index in [0.717, 1.165) is 6.08 Å². The van der Waals surface area contributed by atoms with Gasteiger partial charge in [-0.2, -0.15) is 4.31 Å². The second-order valence-electron chi connectivity index (χ2n) is 5.33. The molecule has 0 bridgehead atoms. The molecule has 0 radical (unpaired) electrons. The Bertz CT molecular complexity index is 750. The topological polar surface area (TPSA) is 99.2 Å². The molecule has 0 atom stereocenters. The Morgan fingerprint density at radius 2 is 1.81 bits per heavy atom. The van der Waals surface area contributed by atoms with E-state index < -0.39 is 28.6 Å². The zero-order chi connectivity index (χ0) is 19.0. The molecule has 26 heavy (non-hydrogen) atoms. The number of hydrogen-bond donors (Lipinski definition) is 0. The van der Waals surface area contributed by atoms with Crippen molar-refractivity contribution in [3.63, 3.8) is 0 Å². The highest BCUT2D eigenvalue weighted by molar-refractivity contribution is 7.89. The average molecular weight is 383 g/mol. The molecule has 1 aliphatic heterocycles. The fourth-order valence-corrected chi connectivity index (χ4v) is 3.64. The molecule has 0 saturated carbocycles. The lowest BCUT2D eigenvalue weighted by atomic mass is 10.2. The summed E-state index contributed by atoms with van der Waals surface area (Å²) in [6.07, 6.45) is 2.63. The van der Waals surface area contributed by atoms with Crippen LogP contribution in [0.25, 0.3) is 6.08 Å². The molecule has 2 rings (SSSR count). The number of ether oxygens (including phenoxy) is 3. The van der Waals surface area contributed by atoms with Gasteiger partial charge in [0.2, 0.25) is 10.0 Å². The summed E-state index contributed by atoms with van der Waals surface area (Å²) in [5.74, 6) is -1.31. The van der Waals surface area contributed by atoms with Crippen molar-refractivity contribution in [2.24, 2.45) is 0 Å². The van der Waals surface area contributed by atoms with E-state index in [9.17, 15) is 18.0 Å². The zero-order valence-electron chi connectivity index (χ0n) is 14.4. The van der Waals surface area contributed by atoms with E-state index in [4.69, 9.17) is 9.47 Å². The molecular weight excluding hydrogens is 362 g/mol. The number of hydrogen-bond acceptors (Lipinski definition) is 7. The van der Waals surface area contributed by atoms with Gasteiger partial charge in [-0.15, -0.1) is 0 Å². The zero-order valence-corrected chi connectivity index (χ0v) is 15.2. The molecule has 0 amide bonds. The lowest BCUT2D eigenvalue weighted by molar-refractivity contribution is -0.155. The van der Waals surface area contributed by atoms with Gasteiger partial charge >= 0.3 is 11.9 Å². The van der Waals surface area contributed by atoms with Crippen LogP contribution in [-0.4, -0.2) is 64.2 Å². The van der Waals surface area contributed by atoms with E-state index in [0.29, 0.717) is 31.9 Å². The van der Waals surface area contributed by atoms with Crippen molar-refractivity contribution in [1.82, 2.24) is 4.31 Å². The maximum Gasteiger partial charge on any atom is 0.344 e. The molecule has 0 aromatic heterocycles. The molecule has 0 spiro atoms. The number of carbonyl (C=O) groups is 2. The summed E-state index contributed by atoms with van der Waals surface area (Å²) in [6, 6.07) is 6.13. The highest BCUT2D eigenvalue weighted by Crippen LogP contribution is 2.18. The van der Waals surface area contributed by atoms with Crippen LogP contribution in [0.3, 0.4) is 0 Å². The first kappa shape index (κ1) is 20.1. The van der Waals surface area contributed by atoms with E-state index in [1.807, 2.05) is 0 Å². The lowest BCUT2D eigenvalue weighted by Gasteiger charge is -2.26. The smallest absolute Gasteiger partial charge is 0.344 e. The molecule has 0 aliphatic carbocycles. The number of esters is 2. The molecule has 1 saturated heterocycles. The fraction of sp³-hybridized carbons (Fsp3) is 0.412. The van der Waals surface area contributed by atoms with Gasteiger partial charge in [-0.1, -0.05) is 12.1 Å². The minimum Gasteiger partial charge on any atom is -0.463 e. The maximum absolute atomic E-state index is 12.5. The molecule has 0 unspecified atom stereocenters. The Morgan fingerprint density at radius 3 is 2.42 bits per heavy atom. The van der Waals surface area contributed by atoms with Crippen molar-refractivity contribution in [3.8, 4) is 0 Å². The first-order valence-corrected chi connectivity index (χ1v) is 9.56. The molecule has 1 aliphatic rings. The number of morpholine rings is 1. The van der Waals surface area contributed by atoms with Crippen molar-refractivity contribution in [3.05, 3.63) is 35.9 Å². The summed E-state index contributed by atoms with van der Waals surface area (Å²) in [5, 5.41) is 0. The Morgan fingerprint density at radius 1 is 1.15 bits per heavy atom. The van der Waals surface area contributed by atoms with E-state index in [1.165, 1.54) is 22.5 Å². The van der Waals surface area contributed by atoms with Crippen LogP contribution >= 0.6 is 0 Å². The summed E-state index contributed by atoms with van der Waals surface area (Å²) in [5.41, 5.74) is 0.624. The third kappa shape index (κ3) is 5.65. The van der Waals surface area contributed by atoms with Crippen molar-refractivity contribution < 1.29 is 32.2 Å². The Kier molecular flexibility index (Phi) is 7.31. The predicted molar refractivity (Wildman–Crippen MR) is 92.6 cm³/mol. The van der Waals surface area contributed by atoms with Gasteiger partial charge in [0, 0.05) is 19.2 Å². The first-order valence-electron chi connectivity index (χ1n) is 8.12. The van der Waals surface area contributed by atoms with Crippen LogP contribution in [0, 0.1) is 0 Å². The van der Waals surface area contributed by atoms with Crippen LogP contribution < -0.4 is 0 Å². The van der Waals surface area contributed by atoms with Crippen LogP contribution in [0.5, 0.6) is 0 Å². The van der Waals surface area contributed by atoms with Crippen molar-refractivity contribution in [2.75, 3.05) is 39.5 Å². The Hall–Kier alpha value is -2.23. The molecule has 9 heteroatoms. The number of nitrogens with zero attached hydrogens (tertiary/aromatic N) is 1. The summed E-state index contributed by atoms with van der Waals surface area (Å²) in [6.45, 7) is 2.84. The molecule has 1 fully saturated rings. The molecule has 142 valence electrons. The molecule has 1 aromatic rings. The Labute approximate surface area is 152 Å². The summed E-state index contributed by atoms with van der Waals surface area (Å²) in [7, 11) is -3.55. The highest BCUT2D eigenvalue weighted by atomic mass is 32.2. The number of benzene rings is 1. The summed E-state index contributed by atoms with van der Waals surface area (Å²) >= 11 is 0. The van der Waals surface area contributed by atoms with Crippen LogP contribution in [0.4, 0.5) is 0 Å². The fourth-order valence-electron chi connectivity index (χ4n) is 2.23. The predicted octanol–water partition coefficient (Wildman–Crippen LogP) is 0.827. The van der Waals surface area contributed by atoms with Gasteiger partial charge in [0.05, 0.1) is 24.7 Å². The van der Waals surface area contributed by atoms with E-state index in [-0.39, 0.29) is 11.5 Å². The molecule has 0 N–H and O–H groups in total. The van der Waals surface area contributed by atoms with Crippen LogP contribution in [0.2, 0.25) is 0 Å². The number of sulfonamides is 1. The largest absolute Gasteiger partial charge is 0.463 e. The summed E-state index contributed by atoms with van der Waals surface area (Å²) < 4.78 is 40.9. The third-order valence-corrected chi connectivity index (χ3v) is 5.45. The van der Waals surface area contributed by atoms with Gasteiger partial charge in [-0.25, -0.2) is 18.0 Å². The minimum atomic E-state index is -3.55. The SMILES string of the molecule is CCOC(=O)COC(=O)C=Cc1ccc(S(=O)(=O)N2CCOCC2)cc1. The van der Waals surface area contributed by atoms with E-state index >= 15 is 0 Å². The highest BCUT2D eigenvalue weighted by Gasteiger charge is 2.25.